The van der Waals surface area contributed by atoms with Gasteiger partial charge in [0.2, 0.25) is 0 Å². The number of anilines is 1. The second kappa shape index (κ2) is 6.62. The maximum Gasteiger partial charge on any atom is 0.134 e. The van der Waals surface area contributed by atoms with Crippen LogP contribution in [0.3, 0.4) is 0 Å². The van der Waals surface area contributed by atoms with Gasteiger partial charge in [0, 0.05) is 23.5 Å². The fourth-order valence-corrected chi connectivity index (χ4v) is 2.36. The zero-order valence-electron chi connectivity index (χ0n) is 11.3. The first kappa shape index (κ1) is 13.9. The minimum atomic E-state index is 0.349. The van der Waals surface area contributed by atoms with Gasteiger partial charge in [-0.2, -0.15) is 0 Å². The van der Waals surface area contributed by atoms with Crippen LogP contribution in [0, 0.1) is 0 Å². The third-order valence-electron chi connectivity index (χ3n) is 3.26. The fraction of sp³-hybridized carbons (Fsp3) is 0.400. The summed E-state index contributed by atoms with van der Waals surface area (Å²) >= 11 is 5.83. The number of benzene rings is 1. The Morgan fingerprint density at radius 1 is 1.37 bits per heavy atom. The number of nitrogens with zero attached hydrogens (tertiary/aromatic N) is 1. The average Bonchev–Trinajstić information content (AvgIpc) is 2.46. The van der Waals surface area contributed by atoms with Crippen molar-refractivity contribution < 1.29 is 4.74 Å². The number of nitrogens with one attached hydrogen (secondary N) is 1. The van der Waals surface area contributed by atoms with E-state index in [2.05, 4.69) is 17.2 Å². The molecule has 1 unspecified atom stereocenters. The highest BCUT2D eigenvalue weighted by Gasteiger charge is 2.09. The molecule has 2 rings (SSSR count). The maximum atomic E-state index is 5.83. The van der Waals surface area contributed by atoms with Crippen molar-refractivity contribution in [3.05, 3.63) is 30.5 Å². The Bertz CT molecular complexity index is 545. The van der Waals surface area contributed by atoms with Crippen molar-refractivity contribution in [3.8, 4) is 5.75 Å². The van der Waals surface area contributed by atoms with E-state index in [1.807, 2.05) is 30.5 Å². The zero-order chi connectivity index (χ0) is 13.7. The van der Waals surface area contributed by atoms with Gasteiger partial charge >= 0.3 is 0 Å². The summed E-state index contributed by atoms with van der Waals surface area (Å²) in [6.45, 7) is 2.15. The van der Waals surface area contributed by atoms with Crippen molar-refractivity contribution in [1.29, 1.82) is 0 Å². The molecule has 1 aromatic heterocycles. The number of hydrogen-bond donors (Lipinski definition) is 1. The molecule has 1 N–H and O–H groups in total. The normalized spacial score (nSPS) is 12.4. The Morgan fingerprint density at radius 3 is 2.89 bits per heavy atom. The van der Waals surface area contributed by atoms with Crippen LogP contribution in [0.1, 0.15) is 19.8 Å². The highest BCUT2D eigenvalue weighted by atomic mass is 35.5. The first-order chi connectivity index (χ1) is 9.28. The molecule has 1 heterocycles. The quantitative estimate of drug-likeness (QED) is 0.809. The summed E-state index contributed by atoms with van der Waals surface area (Å²) in [5.41, 5.74) is 0. The van der Waals surface area contributed by atoms with E-state index in [4.69, 9.17) is 16.3 Å². The molecular weight excluding hydrogens is 260 g/mol. The van der Waals surface area contributed by atoms with Gasteiger partial charge in [-0.15, -0.1) is 11.6 Å². The summed E-state index contributed by atoms with van der Waals surface area (Å²) in [7, 11) is 1.67. The number of methoxy groups -OCH3 is 1. The van der Waals surface area contributed by atoms with Crippen molar-refractivity contribution in [2.45, 2.75) is 25.8 Å². The van der Waals surface area contributed by atoms with Gasteiger partial charge in [0.15, 0.2) is 0 Å². The van der Waals surface area contributed by atoms with Crippen molar-refractivity contribution in [2.75, 3.05) is 18.3 Å². The topological polar surface area (TPSA) is 34.2 Å². The van der Waals surface area contributed by atoms with Crippen molar-refractivity contribution in [3.63, 3.8) is 0 Å². The molecule has 0 aliphatic carbocycles. The summed E-state index contributed by atoms with van der Waals surface area (Å²) in [4.78, 5) is 4.44. The lowest BCUT2D eigenvalue weighted by Crippen LogP contribution is -2.19. The van der Waals surface area contributed by atoms with Crippen LogP contribution in [0.25, 0.3) is 10.8 Å². The van der Waals surface area contributed by atoms with E-state index in [0.717, 1.165) is 35.2 Å². The molecule has 0 fully saturated rings. The number of ether oxygens (including phenoxy) is 1. The summed E-state index contributed by atoms with van der Waals surface area (Å²) in [5, 5.41) is 5.70. The SMILES string of the molecule is CCC(CCCl)Nc1nccc2ccc(OC)cc12. The summed E-state index contributed by atoms with van der Waals surface area (Å²) in [5.74, 6) is 2.39. The minimum absolute atomic E-state index is 0.349. The Balaban J connectivity index is 2.35. The molecule has 1 atom stereocenters. The first-order valence-electron chi connectivity index (χ1n) is 6.53. The Kier molecular flexibility index (Phi) is 4.86. The first-order valence-corrected chi connectivity index (χ1v) is 7.07. The van der Waals surface area contributed by atoms with E-state index in [1.165, 1.54) is 0 Å². The number of rotatable bonds is 6. The van der Waals surface area contributed by atoms with E-state index in [9.17, 15) is 0 Å². The molecule has 0 saturated heterocycles. The van der Waals surface area contributed by atoms with Gasteiger partial charge in [-0.3, -0.25) is 0 Å². The monoisotopic (exact) mass is 278 g/mol. The van der Waals surface area contributed by atoms with Crippen LogP contribution >= 0.6 is 11.6 Å². The number of pyridine rings is 1. The summed E-state index contributed by atoms with van der Waals surface area (Å²) in [6.07, 6.45) is 3.78. The Hall–Kier alpha value is -1.48. The molecule has 0 amide bonds. The molecular formula is C15H19ClN2O. The van der Waals surface area contributed by atoms with Crippen LogP contribution in [0.2, 0.25) is 0 Å². The van der Waals surface area contributed by atoms with Crippen LogP contribution in [0.5, 0.6) is 5.75 Å². The van der Waals surface area contributed by atoms with Crippen LogP contribution in [-0.4, -0.2) is 24.0 Å². The van der Waals surface area contributed by atoms with E-state index in [-0.39, 0.29) is 0 Å². The van der Waals surface area contributed by atoms with Gasteiger partial charge in [-0.25, -0.2) is 4.98 Å². The van der Waals surface area contributed by atoms with Crippen LogP contribution < -0.4 is 10.1 Å². The minimum Gasteiger partial charge on any atom is -0.497 e. The molecule has 0 bridgehead atoms. The third-order valence-corrected chi connectivity index (χ3v) is 3.48. The molecule has 0 saturated carbocycles. The molecule has 0 aliphatic heterocycles. The standard InChI is InChI=1S/C15H19ClN2O/c1-3-12(6-8-16)18-15-14-10-13(19-2)5-4-11(14)7-9-17-15/h4-5,7,9-10,12H,3,6,8H2,1-2H3,(H,17,18). The lowest BCUT2D eigenvalue weighted by Gasteiger charge is -2.17. The van der Waals surface area contributed by atoms with E-state index < -0.39 is 0 Å². The van der Waals surface area contributed by atoms with Crippen LogP contribution in [0.4, 0.5) is 5.82 Å². The molecule has 2 aromatic rings. The number of fused-ring (bicyclic) bond motifs is 1. The highest BCUT2D eigenvalue weighted by molar-refractivity contribution is 6.17. The molecule has 0 aliphatic rings. The third kappa shape index (κ3) is 3.29. The number of aromatic nitrogens is 1. The molecule has 102 valence electrons. The summed E-state index contributed by atoms with van der Waals surface area (Å²) in [6, 6.07) is 8.37. The fourth-order valence-electron chi connectivity index (χ4n) is 2.09. The van der Waals surface area contributed by atoms with Gasteiger partial charge in [0.25, 0.3) is 0 Å². The van der Waals surface area contributed by atoms with Crippen molar-refractivity contribution in [1.82, 2.24) is 4.98 Å². The average molecular weight is 279 g/mol. The lowest BCUT2D eigenvalue weighted by atomic mass is 10.1. The predicted molar refractivity (Wildman–Crippen MR) is 81.3 cm³/mol. The molecule has 0 radical (unpaired) electrons. The smallest absolute Gasteiger partial charge is 0.134 e. The molecule has 19 heavy (non-hydrogen) atoms. The van der Waals surface area contributed by atoms with Crippen LogP contribution in [0.15, 0.2) is 30.5 Å². The van der Waals surface area contributed by atoms with Gasteiger partial charge in [-0.05, 0) is 36.4 Å². The number of halogens is 1. The summed E-state index contributed by atoms with van der Waals surface area (Å²) < 4.78 is 5.28. The lowest BCUT2D eigenvalue weighted by molar-refractivity contribution is 0.415. The van der Waals surface area contributed by atoms with E-state index in [1.54, 1.807) is 7.11 Å². The Morgan fingerprint density at radius 2 is 2.21 bits per heavy atom. The van der Waals surface area contributed by atoms with Crippen molar-refractivity contribution in [2.24, 2.45) is 0 Å². The van der Waals surface area contributed by atoms with Gasteiger partial charge in [0.05, 0.1) is 7.11 Å². The van der Waals surface area contributed by atoms with E-state index >= 15 is 0 Å². The molecule has 3 nitrogen and oxygen atoms in total. The second-order valence-corrected chi connectivity index (χ2v) is 4.85. The Labute approximate surface area is 118 Å². The predicted octanol–water partition coefficient (Wildman–Crippen LogP) is 4.06. The largest absolute Gasteiger partial charge is 0.497 e. The highest BCUT2D eigenvalue weighted by Crippen LogP contribution is 2.26. The van der Waals surface area contributed by atoms with Gasteiger partial charge in [0.1, 0.15) is 11.6 Å². The molecule has 0 spiro atoms. The van der Waals surface area contributed by atoms with Crippen LogP contribution in [-0.2, 0) is 0 Å². The molecule has 1 aromatic carbocycles. The van der Waals surface area contributed by atoms with Crippen molar-refractivity contribution >= 4 is 28.2 Å². The van der Waals surface area contributed by atoms with E-state index in [0.29, 0.717) is 11.9 Å². The zero-order valence-corrected chi connectivity index (χ0v) is 12.1. The number of hydrogen-bond acceptors (Lipinski definition) is 3. The molecule has 4 heteroatoms. The maximum absolute atomic E-state index is 5.83. The second-order valence-electron chi connectivity index (χ2n) is 4.47. The van der Waals surface area contributed by atoms with Gasteiger partial charge < -0.3 is 10.1 Å². The van der Waals surface area contributed by atoms with Gasteiger partial charge in [-0.1, -0.05) is 13.0 Å². The number of alkyl halides is 1.